The van der Waals surface area contributed by atoms with Crippen LogP contribution in [0, 0.1) is 25.7 Å². The summed E-state index contributed by atoms with van der Waals surface area (Å²) in [5.74, 6) is -1.69. The SMILES string of the molecule is CC(=O)CC(=O)[O-].[CH]1[CH]CC[CH][CH]CC1.[Ir]. The number of carboxylic acids is 1. The summed E-state index contributed by atoms with van der Waals surface area (Å²) in [6.45, 7) is 1.20. The molecule has 0 aromatic carbocycles. The third kappa shape index (κ3) is 16.2. The minimum Gasteiger partial charge on any atom is -0.550 e. The molecule has 0 saturated heterocycles. The van der Waals surface area contributed by atoms with Crippen molar-refractivity contribution >= 4 is 11.8 Å². The van der Waals surface area contributed by atoms with Gasteiger partial charge in [-0.25, -0.2) is 0 Å². The maximum absolute atomic E-state index is 9.83. The van der Waals surface area contributed by atoms with E-state index in [0.717, 1.165) is 0 Å². The summed E-state index contributed by atoms with van der Waals surface area (Å²) in [6.07, 6.45) is 13.5. The summed E-state index contributed by atoms with van der Waals surface area (Å²) >= 11 is 0. The molecule has 0 aliphatic heterocycles. The van der Waals surface area contributed by atoms with E-state index in [9.17, 15) is 14.7 Å². The van der Waals surface area contributed by atoms with Crippen molar-refractivity contribution in [3.8, 4) is 0 Å². The van der Waals surface area contributed by atoms with Gasteiger partial charge in [-0.3, -0.25) is 4.79 Å². The van der Waals surface area contributed by atoms with Crippen LogP contribution in [0.25, 0.3) is 0 Å². The van der Waals surface area contributed by atoms with Gasteiger partial charge < -0.3 is 9.90 Å². The Bertz CT molecular complexity index is 157. The van der Waals surface area contributed by atoms with Gasteiger partial charge in [0.1, 0.15) is 5.78 Å². The molecule has 4 heteroatoms. The van der Waals surface area contributed by atoms with Crippen molar-refractivity contribution in [2.75, 3.05) is 0 Å². The third-order valence-electron chi connectivity index (χ3n) is 1.73. The molecule has 5 radical (unpaired) electrons. The first-order chi connectivity index (χ1) is 7.13. The van der Waals surface area contributed by atoms with E-state index in [2.05, 4.69) is 25.7 Å². The van der Waals surface area contributed by atoms with Crippen molar-refractivity contribution in [1.82, 2.24) is 0 Å². The van der Waals surface area contributed by atoms with E-state index >= 15 is 0 Å². The van der Waals surface area contributed by atoms with Crippen molar-refractivity contribution in [2.24, 2.45) is 0 Å². The number of ketones is 1. The Morgan fingerprint density at radius 2 is 1.31 bits per heavy atom. The summed E-state index contributed by atoms with van der Waals surface area (Å²) in [5, 5.41) is 9.48. The van der Waals surface area contributed by atoms with Crippen LogP contribution in [-0.2, 0) is 29.7 Å². The van der Waals surface area contributed by atoms with E-state index in [0.29, 0.717) is 0 Å². The molecule has 1 aliphatic rings. The Labute approximate surface area is 111 Å². The number of carboxylic acid groups (broad SMARTS) is 1. The van der Waals surface area contributed by atoms with Crippen LogP contribution >= 0.6 is 0 Å². The second-order valence-corrected chi connectivity index (χ2v) is 3.35. The van der Waals surface area contributed by atoms with Crippen LogP contribution in [0.1, 0.15) is 39.0 Å². The molecule has 1 rings (SSSR count). The van der Waals surface area contributed by atoms with E-state index < -0.39 is 12.4 Å². The molecule has 0 aromatic rings. The summed E-state index contributed by atoms with van der Waals surface area (Å²) in [6, 6.07) is 0. The standard InChI is InChI=1S/C8H12.C4H6O3.Ir/c1-2-4-6-8-7-5-3-1;1-3(5)2-4(6)7;/h1-2,7-8H,3-6H2;2H2,1H3,(H,6,7);/p-1. The van der Waals surface area contributed by atoms with Crippen LogP contribution in [0.5, 0.6) is 0 Å². The predicted octanol–water partition coefficient (Wildman–Crippen LogP) is 1.09. The van der Waals surface area contributed by atoms with E-state index in [1.165, 1.54) is 32.6 Å². The Kier molecular flexibility index (Phi) is 14.6. The van der Waals surface area contributed by atoms with Crippen molar-refractivity contribution in [1.29, 1.82) is 0 Å². The van der Waals surface area contributed by atoms with Gasteiger partial charge in [-0.2, -0.15) is 0 Å². The smallest absolute Gasteiger partial charge is 0.135 e. The minimum absolute atomic E-state index is 0. The van der Waals surface area contributed by atoms with Gasteiger partial charge in [0.2, 0.25) is 0 Å². The monoisotopic (exact) mass is 402 g/mol. The van der Waals surface area contributed by atoms with Crippen LogP contribution in [-0.4, -0.2) is 11.8 Å². The van der Waals surface area contributed by atoms with E-state index in [1.54, 1.807) is 0 Å². The van der Waals surface area contributed by atoms with Gasteiger partial charge in [-0.1, -0.05) is 0 Å². The van der Waals surface area contributed by atoms with Crippen LogP contribution in [0.4, 0.5) is 0 Å². The van der Waals surface area contributed by atoms with Crippen molar-refractivity contribution < 1.29 is 34.8 Å². The molecule has 0 amide bonds. The van der Waals surface area contributed by atoms with Crippen molar-refractivity contribution in [3.63, 3.8) is 0 Å². The number of carbonyl (C=O) groups excluding carboxylic acids is 2. The van der Waals surface area contributed by atoms with Gasteiger partial charge in [-0.05, 0) is 58.3 Å². The molecule has 93 valence electrons. The topological polar surface area (TPSA) is 57.2 Å². The van der Waals surface area contributed by atoms with Crippen LogP contribution in [0.3, 0.4) is 0 Å². The third-order valence-corrected chi connectivity index (χ3v) is 1.73. The molecule has 0 N–H and O–H groups in total. The number of rotatable bonds is 2. The molecule has 0 atom stereocenters. The first kappa shape index (κ1) is 18.2. The molecule has 1 fully saturated rings. The summed E-state index contributed by atoms with van der Waals surface area (Å²) in [7, 11) is 0. The molecular weight excluding hydrogens is 384 g/mol. The van der Waals surface area contributed by atoms with Crippen molar-refractivity contribution in [2.45, 2.75) is 39.0 Å². The largest absolute Gasteiger partial charge is 0.550 e. The Morgan fingerprint density at radius 1 is 1.00 bits per heavy atom. The molecule has 1 saturated carbocycles. The van der Waals surface area contributed by atoms with Gasteiger partial charge in [0.15, 0.2) is 0 Å². The first-order valence-electron chi connectivity index (χ1n) is 5.12. The van der Waals surface area contributed by atoms with Gasteiger partial charge in [-0.15, -0.1) is 0 Å². The van der Waals surface area contributed by atoms with Gasteiger partial charge in [0.05, 0.1) is 0 Å². The molecule has 0 bridgehead atoms. The second-order valence-electron chi connectivity index (χ2n) is 3.35. The normalized spacial score (nSPS) is 15.6. The average molecular weight is 401 g/mol. The minimum atomic E-state index is -1.31. The number of hydrogen-bond acceptors (Lipinski definition) is 3. The Hall–Kier alpha value is -0.211. The van der Waals surface area contributed by atoms with E-state index in [-0.39, 0.29) is 25.9 Å². The molecule has 0 heterocycles. The zero-order valence-corrected chi connectivity index (χ0v) is 11.8. The second kappa shape index (κ2) is 12.9. The number of hydrogen-bond donors (Lipinski definition) is 0. The Morgan fingerprint density at radius 3 is 1.44 bits per heavy atom. The fourth-order valence-electron chi connectivity index (χ4n) is 1.06. The van der Waals surface area contributed by atoms with Crippen LogP contribution in [0.2, 0.25) is 0 Å². The molecular formula is C12H17IrO3-. The molecule has 1 aliphatic carbocycles. The number of Topliss-reactive ketones (excluding diaryl/α,β-unsaturated/α-hetero) is 1. The van der Waals surface area contributed by atoms with E-state index in [4.69, 9.17) is 0 Å². The number of carbonyl (C=O) groups is 2. The zero-order valence-electron chi connectivity index (χ0n) is 9.40. The zero-order chi connectivity index (χ0) is 11.5. The summed E-state index contributed by atoms with van der Waals surface area (Å²) in [5.41, 5.74) is 0. The quantitative estimate of drug-likeness (QED) is 0.651. The molecule has 0 spiro atoms. The van der Waals surface area contributed by atoms with E-state index in [1.807, 2.05) is 0 Å². The summed E-state index contributed by atoms with van der Waals surface area (Å²) < 4.78 is 0. The molecule has 16 heavy (non-hydrogen) atoms. The Balaban J connectivity index is 0. The van der Waals surface area contributed by atoms with Gasteiger partial charge >= 0.3 is 0 Å². The van der Waals surface area contributed by atoms with Crippen molar-refractivity contribution in [3.05, 3.63) is 25.7 Å². The average Bonchev–Trinajstić information content (AvgIpc) is 1.99. The summed E-state index contributed by atoms with van der Waals surface area (Å²) in [4.78, 5) is 19.3. The molecule has 0 aromatic heterocycles. The van der Waals surface area contributed by atoms with Crippen LogP contribution in [0.15, 0.2) is 0 Å². The van der Waals surface area contributed by atoms with Gasteiger partial charge in [0.25, 0.3) is 0 Å². The first-order valence-corrected chi connectivity index (χ1v) is 5.12. The molecule has 0 unspecified atom stereocenters. The maximum Gasteiger partial charge on any atom is 0.135 e. The molecule has 3 nitrogen and oxygen atoms in total. The fourth-order valence-corrected chi connectivity index (χ4v) is 1.06. The van der Waals surface area contributed by atoms with Crippen LogP contribution < -0.4 is 5.11 Å². The predicted molar refractivity (Wildman–Crippen MR) is 56.0 cm³/mol. The number of aliphatic carboxylic acids is 1. The maximum atomic E-state index is 9.83. The fraction of sp³-hybridized carbons (Fsp3) is 0.500. The van der Waals surface area contributed by atoms with Gasteiger partial charge in [0, 0.05) is 32.5 Å².